The van der Waals surface area contributed by atoms with Crippen molar-refractivity contribution in [2.24, 2.45) is 0 Å². The molecule has 2 aromatic carbocycles. The van der Waals surface area contributed by atoms with Crippen LogP contribution < -0.4 is 9.64 Å². The molecule has 0 aliphatic carbocycles. The fraction of sp³-hybridized carbons (Fsp3) is 0.273. The molecule has 0 bridgehead atoms. The van der Waals surface area contributed by atoms with Crippen LogP contribution in [0.1, 0.15) is 25.3 Å². The number of halogens is 1. The number of likely N-dealkylation sites (tertiary alicyclic amines) is 1. The number of amides is 2. The van der Waals surface area contributed by atoms with Gasteiger partial charge in [0.15, 0.2) is 0 Å². The highest BCUT2D eigenvalue weighted by Gasteiger charge is 2.43. The normalized spacial score (nSPS) is 17.1. The highest BCUT2D eigenvalue weighted by Crippen LogP contribution is 2.37. The lowest BCUT2D eigenvalue weighted by molar-refractivity contribution is -0.120. The number of anilines is 1. The summed E-state index contributed by atoms with van der Waals surface area (Å²) < 4.78 is 19.8. The molecule has 0 atom stereocenters. The highest BCUT2D eigenvalue weighted by atomic mass is 19.1. The molecule has 0 spiro atoms. The first-order valence-corrected chi connectivity index (χ1v) is 9.47. The van der Waals surface area contributed by atoms with Gasteiger partial charge in [-0.3, -0.25) is 9.59 Å². The topological polar surface area (TPSA) is 49.9 Å². The number of rotatable bonds is 5. The van der Waals surface area contributed by atoms with E-state index in [-0.39, 0.29) is 5.69 Å². The van der Waals surface area contributed by atoms with Gasteiger partial charge in [-0.25, -0.2) is 9.29 Å². The number of nitrogens with zero attached hydrogens (tertiary/aromatic N) is 2. The van der Waals surface area contributed by atoms with Crippen LogP contribution >= 0.6 is 0 Å². The molecular weight excluding hydrogens is 359 g/mol. The minimum absolute atomic E-state index is 0.0184. The molecule has 0 aromatic heterocycles. The van der Waals surface area contributed by atoms with E-state index in [1.807, 2.05) is 11.8 Å². The molecule has 4 rings (SSSR count). The third-order valence-corrected chi connectivity index (χ3v) is 5.03. The van der Waals surface area contributed by atoms with Crippen molar-refractivity contribution in [3.8, 4) is 5.75 Å². The van der Waals surface area contributed by atoms with Crippen LogP contribution in [0.5, 0.6) is 5.75 Å². The maximum absolute atomic E-state index is 14.4. The van der Waals surface area contributed by atoms with Gasteiger partial charge >= 0.3 is 0 Å². The van der Waals surface area contributed by atoms with Crippen molar-refractivity contribution in [1.82, 2.24) is 4.90 Å². The lowest BCUT2D eigenvalue weighted by atomic mass is 10.0. The zero-order chi connectivity index (χ0) is 19.7. The number of hydrogen-bond acceptors (Lipinski definition) is 4. The van der Waals surface area contributed by atoms with Gasteiger partial charge < -0.3 is 9.64 Å². The first-order valence-electron chi connectivity index (χ1n) is 9.47. The van der Waals surface area contributed by atoms with E-state index in [1.165, 1.54) is 18.2 Å². The predicted molar refractivity (Wildman–Crippen MR) is 104 cm³/mol. The van der Waals surface area contributed by atoms with Gasteiger partial charge in [-0.1, -0.05) is 24.3 Å². The van der Waals surface area contributed by atoms with Gasteiger partial charge in [-0.2, -0.15) is 0 Å². The predicted octanol–water partition coefficient (Wildman–Crippen LogP) is 3.60. The van der Waals surface area contributed by atoms with Crippen molar-refractivity contribution in [2.75, 3.05) is 24.6 Å². The second-order valence-electron chi connectivity index (χ2n) is 6.77. The summed E-state index contributed by atoms with van der Waals surface area (Å²) in [6.45, 7) is 3.85. The molecule has 2 amide bonds. The Kier molecular flexibility index (Phi) is 4.86. The molecule has 2 aromatic rings. The number of para-hydroxylation sites is 1. The molecule has 1 fully saturated rings. The zero-order valence-corrected chi connectivity index (χ0v) is 15.7. The molecule has 1 saturated heterocycles. The summed E-state index contributed by atoms with van der Waals surface area (Å²) in [6.07, 6.45) is 1.92. The Bertz CT molecular complexity index is 947. The van der Waals surface area contributed by atoms with E-state index in [0.29, 0.717) is 42.3 Å². The van der Waals surface area contributed by atoms with E-state index in [2.05, 4.69) is 0 Å². The molecule has 5 nitrogen and oxygen atoms in total. The van der Waals surface area contributed by atoms with Crippen molar-refractivity contribution in [3.05, 3.63) is 65.6 Å². The molecule has 0 unspecified atom stereocenters. The Hall–Kier alpha value is -3.15. The number of ether oxygens (including phenoxy) is 1. The Balaban J connectivity index is 1.80. The second-order valence-corrected chi connectivity index (χ2v) is 6.77. The molecule has 0 N–H and O–H groups in total. The van der Waals surface area contributed by atoms with E-state index < -0.39 is 17.6 Å². The van der Waals surface area contributed by atoms with E-state index in [0.717, 1.165) is 17.7 Å². The summed E-state index contributed by atoms with van der Waals surface area (Å²) in [5.41, 5.74) is 1.28. The van der Waals surface area contributed by atoms with Crippen LogP contribution in [0.2, 0.25) is 0 Å². The highest BCUT2D eigenvalue weighted by molar-refractivity contribution is 6.45. The van der Waals surface area contributed by atoms with Crippen LogP contribution in [0.25, 0.3) is 5.57 Å². The van der Waals surface area contributed by atoms with E-state index in [4.69, 9.17) is 4.74 Å². The molecule has 0 radical (unpaired) electrons. The lowest BCUT2D eigenvalue weighted by Crippen LogP contribution is -2.35. The SMILES string of the molecule is CCOc1ccc(C2=C(N3CCCC3)C(=O)N(c3ccccc3F)C2=O)cc1. The monoisotopic (exact) mass is 380 g/mol. The Labute approximate surface area is 163 Å². The van der Waals surface area contributed by atoms with Crippen LogP contribution in [0, 0.1) is 5.82 Å². The first-order chi connectivity index (χ1) is 13.6. The molecule has 2 aliphatic rings. The quantitative estimate of drug-likeness (QED) is 0.744. The fourth-order valence-corrected chi connectivity index (χ4v) is 3.75. The van der Waals surface area contributed by atoms with Crippen molar-refractivity contribution in [1.29, 1.82) is 0 Å². The Morgan fingerprint density at radius 3 is 2.29 bits per heavy atom. The van der Waals surface area contributed by atoms with Crippen molar-refractivity contribution in [2.45, 2.75) is 19.8 Å². The van der Waals surface area contributed by atoms with Crippen molar-refractivity contribution < 1.29 is 18.7 Å². The Morgan fingerprint density at radius 2 is 1.64 bits per heavy atom. The number of imide groups is 1. The molecule has 28 heavy (non-hydrogen) atoms. The molecule has 2 aliphatic heterocycles. The first kappa shape index (κ1) is 18.2. The Morgan fingerprint density at radius 1 is 0.964 bits per heavy atom. The standard InChI is InChI=1S/C22H21FN2O3/c1-2-28-16-11-9-15(10-12-16)19-20(24-13-5-6-14-24)22(27)25(21(19)26)18-8-4-3-7-17(18)23/h3-4,7-12H,2,5-6,13-14H2,1H3. The van der Waals surface area contributed by atoms with Gasteiger partial charge in [-0.15, -0.1) is 0 Å². The van der Waals surface area contributed by atoms with Crippen molar-refractivity contribution >= 4 is 23.1 Å². The average molecular weight is 380 g/mol. The lowest BCUT2D eigenvalue weighted by Gasteiger charge is -2.20. The summed E-state index contributed by atoms with van der Waals surface area (Å²) in [4.78, 5) is 29.4. The van der Waals surface area contributed by atoms with Gasteiger partial charge in [-0.05, 0) is 49.6 Å². The third-order valence-electron chi connectivity index (χ3n) is 5.03. The van der Waals surface area contributed by atoms with Crippen molar-refractivity contribution in [3.63, 3.8) is 0 Å². The molecule has 2 heterocycles. The average Bonchev–Trinajstić information content (AvgIpc) is 3.30. The fourth-order valence-electron chi connectivity index (χ4n) is 3.75. The smallest absolute Gasteiger partial charge is 0.282 e. The molecule has 144 valence electrons. The minimum atomic E-state index is -0.599. The maximum atomic E-state index is 14.4. The maximum Gasteiger partial charge on any atom is 0.282 e. The number of carbonyl (C=O) groups excluding carboxylic acids is 2. The summed E-state index contributed by atoms with van der Waals surface area (Å²) in [5, 5.41) is 0. The van der Waals surface area contributed by atoms with Gasteiger partial charge in [0, 0.05) is 13.1 Å². The van der Waals surface area contributed by atoms with E-state index in [1.54, 1.807) is 30.3 Å². The van der Waals surface area contributed by atoms with Crippen LogP contribution in [-0.2, 0) is 9.59 Å². The van der Waals surface area contributed by atoms with E-state index >= 15 is 0 Å². The van der Waals surface area contributed by atoms with Gasteiger partial charge in [0.05, 0.1) is 17.9 Å². The van der Waals surface area contributed by atoms with E-state index in [9.17, 15) is 14.0 Å². The van der Waals surface area contributed by atoms with Crippen LogP contribution in [0.3, 0.4) is 0 Å². The minimum Gasteiger partial charge on any atom is -0.494 e. The molecule has 0 saturated carbocycles. The summed E-state index contributed by atoms with van der Waals surface area (Å²) in [6, 6.07) is 12.9. The van der Waals surface area contributed by atoms with Gasteiger partial charge in [0.25, 0.3) is 11.8 Å². The molecular formula is C22H21FN2O3. The second kappa shape index (κ2) is 7.46. The van der Waals surface area contributed by atoms with Crippen LogP contribution in [-0.4, -0.2) is 36.4 Å². The molecule has 6 heteroatoms. The van der Waals surface area contributed by atoms with Crippen LogP contribution in [0.4, 0.5) is 10.1 Å². The largest absolute Gasteiger partial charge is 0.494 e. The summed E-state index contributed by atoms with van der Waals surface area (Å²) >= 11 is 0. The third kappa shape index (κ3) is 3.05. The number of benzene rings is 2. The van der Waals surface area contributed by atoms with Gasteiger partial charge in [0.2, 0.25) is 0 Å². The summed E-state index contributed by atoms with van der Waals surface area (Å²) in [5.74, 6) is -0.878. The van der Waals surface area contributed by atoms with Crippen LogP contribution in [0.15, 0.2) is 54.2 Å². The van der Waals surface area contributed by atoms with Gasteiger partial charge in [0.1, 0.15) is 17.3 Å². The summed E-state index contributed by atoms with van der Waals surface area (Å²) in [7, 11) is 0. The zero-order valence-electron chi connectivity index (χ0n) is 15.7. The number of carbonyl (C=O) groups is 2. The number of hydrogen-bond donors (Lipinski definition) is 0.